The predicted octanol–water partition coefficient (Wildman–Crippen LogP) is 3.16. The third-order valence-electron chi connectivity index (χ3n) is 3.70. The van der Waals surface area contributed by atoms with Crippen molar-refractivity contribution in [2.24, 2.45) is 0 Å². The molecule has 2 aromatic rings. The molecule has 0 unspecified atom stereocenters. The molecular formula is C20H23NO4. The van der Waals surface area contributed by atoms with Gasteiger partial charge < -0.3 is 14.8 Å². The number of nitrogens with one attached hydrogen (secondary N) is 1. The Balaban J connectivity index is 1.67. The molecule has 25 heavy (non-hydrogen) atoms. The highest BCUT2D eigenvalue weighted by molar-refractivity contribution is 5.97. The number of rotatable bonds is 9. The number of methoxy groups -OCH3 is 1. The topological polar surface area (TPSA) is 64.6 Å². The highest BCUT2D eigenvalue weighted by Crippen LogP contribution is 2.25. The zero-order chi connectivity index (χ0) is 18.1. The van der Waals surface area contributed by atoms with Crippen molar-refractivity contribution in [3.63, 3.8) is 0 Å². The second-order valence-corrected chi connectivity index (χ2v) is 5.64. The zero-order valence-corrected chi connectivity index (χ0v) is 14.6. The van der Waals surface area contributed by atoms with Crippen LogP contribution in [0, 0.1) is 6.92 Å². The number of carbonyl (C=O) groups is 2. The standard InChI is InChI=1S/C20H23NO4/c1-15-7-9-16(10-8-15)17(22)11-12-20(23)21-13-14-25-19-6-4-3-5-18(19)24-2/h3-10H,11-14H2,1-2H3,(H,21,23). The van der Waals surface area contributed by atoms with Gasteiger partial charge in [0, 0.05) is 18.4 Å². The van der Waals surface area contributed by atoms with Crippen LogP contribution in [0.5, 0.6) is 11.5 Å². The van der Waals surface area contributed by atoms with Gasteiger partial charge >= 0.3 is 0 Å². The minimum atomic E-state index is -0.163. The van der Waals surface area contributed by atoms with Crippen LogP contribution in [0.4, 0.5) is 0 Å². The van der Waals surface area contributed by atoms with Crippen LogP contribution in [-0.4, -0.2) is 32.0 Å². The third-order valence-corrected chi connectivity index (χ3v) is 3.70. The lowest BCUT2D eigenvalue weighted by Crippen LogP contribution is -2.28. The Morgan fingerprint density at radius 3 is 2.32 bits per heavy atom. The number of benzene rings is 2. The molecule has 0 radical (unpaired) electrons. The van der Waals surface area contributed by atoms with Gasteiger partial charge in [0.05, 0.1) is 13.7 Å². The molecule has 0 saturated heterocycles. The number of aryl methyl sites for hydroxylation is 1. The van der Waals surface area contributed by atoms with Crippen LogP contribution in [0.2, 0.25) is 0 Å². The van der Waals surface area contributed by atoms with E-state index in [4.69, 9.17) is 9.47 Å². The van der Waals surface area contributed by atoms with Crippen molar-refractivity contribution in [2.75, 3.05) is 20.3 Å². The Bertz CT molecular complexity index is 710. The van der Waals surface area contributed by atoms with Crippen molar-refractivity contribution in [3.05, 3.63) is 59.7 Å². The molecule has 2 aromatic carbocycles. The van der Waals surface area contributed by atoms with Gasteiger partial charge in [-0.15, -0.1) is 0 Å². The summed E-state index contributed by atoms with van der Waals surface area (Å²) >= 11 is 0. The second kappa shape index (κ2) is 9.47. The number of hydrogen-bond acceptors (Lipinski definition) is 4. The van der Waals surface area contributed by atoms with Crippen LogP contribution >= 0.6 is 0 Å². The Kier molecular flexibility index (Phi) is 7.01. The first-order valence-corrected chi connectivity index (χ1v) is 8.22. The summed E-state index contributed by atoms with van der Waals surface area (Å²) in [6.07, 6.45) is 0.365. The van der Waals surface area contributed by atoms with Gasteiger partial charge in [-0.2, -0.15) is 0 Å². The maximum absolute atomic E-state index is 12.0. The third kappa shape index (κ3) is 5.95. The Hall–Kier alpha value is -2.82. The quantitative estimate of drug-likeness (QED) is 0.562. The summed E-state index contributed by atoms with van der Waals surface area (Å²) in [7, 11) is 1.58. The Labute approximate surface area is 148 Å². The molecule has 0 aliphatic heterocycles. The number of ketones is 1. The van der Waals surface area contributed by atoms with Crippen LogP contribution in [-0.2, 0) is 4.79 Å². The summed E-state index contributed by atoms with van der Waals surface area (Å²) < 4.78 is 10.8. The average Bonchev–Trinajstić information content (AvgIpc) is 2.64. The highest BCUT2D eigenvalue weighted by atomic mass is 16.5. The van der Waals surface area contributed by atoms with E-state index in [1.807, 2.05) is 37.3 Å². The number of carbonyl (C=O) groups excluding carboxylic acids is 2. The van der Waals surface area contributed by atoms with Gasteiger partial charge in [-0.1, -0.05) is 42.0 Å². The molecular weight excluding hydrogens is 318 g/mol. The van der Waals surface area contributed by atoms with Crippen molar-refractivity contribution >= 4 is 11.7 Å². The minimum absolute atomic E-state index is 0.0274. The summed E-state index contributed by atoms with van der Waals surface area (Å²) in [5.74, 6) is 1.09. The monoisotopic (exact) mass is 341 g/mol. The van der Waals surface area contributed by atoms with Gasteiger partial charge in [-0.3, -0.25) is 9.59 Å². The lowest BCUT2D eigenvalue weighted by Gasteiger charge is -2.10. The van der Waals surface area contributed by atoms with Crippen LogP contribution in [0.3, 0.4) is 0 Å². The van der Waals surface area contributed by atoms with E-state index in [0.29, 0.717) is 30.2 Å². The fraction of sp³-hybridized carbons (Fsp3) is 0.300. The maximum Gasteiger partial charge on any atom is 0.220 e. The number of ether oxygens (including phenoxy) is 2. The molecule has 0 saturated carbocycles. The average molecular weight is 341 g/mol. The number of Topliss-reactive ketones (excluding diaryl/α,β-unsaturated/α-hetero) is 1. The van der Waals surface area contributed by atoms with Crippen molar-refractivity contribution in [1.82, 2.24) is 5.32 Å². The van der Waals surface area contributed by atoms with Gasteiger partial charge in [0.2, 0.25) is 5.91 Å². The molecule has 0 spiro atoms. The molecule has 0 atom stereocenters. The van der Waals surface area contributed by atoms with Gasteiger partial charge in [0.1, 0.15) is 6.61 Å². The molecule has 132 valence electrons. The maximum atomic E-state index is 12.0. The van der Waals surface area contributed by atoms with E-state index in [-0.39, 0.29) is 24.5 Å². The fourth-order valence-electron chi connectivity index (χ4n) is 2.29. The second-order valence-electron chi connectivity index (χ2n) is 5.64. The summed E-state index contributed by atoms with van der Waals surface area (Å²) in [5, 5.41) is 2.75. The first-order valence-electron chi connectivity index (χ1n) is 8.22. The van der Waals surface area contributed by atoms with Gasteiger partial charge in [-0.25, -0.2) is 0 Å². The van der Waals surface area contributed by atoms with E-state index in [1.54, 1.807) is 25.3 Å². The molecule has 1 N–H and O–H groups in total. The van der Waals surface area contributed by atoms with Gasteiger partial charge in [0.25, 0.3) is 0 Å². The van der Waals surface area contributed by atoms with Crippen LogP contribution < -0.4 is 14.8 Å². The van der Waals surface area contributed by atoms with Crippen molar-refractivity contribution in [1.29, 1.82) is 0 Å². The van der Waals surface area contributed by atoms with Crippen LogP contribution in [0.25, 0.3) is 0 Å². The van der Waals surface area contributed by atoms with Crippen molar-refractivity contribution < 1.29 is 19.1 Å². The van der Waals surface area contributed by atoms with E-state index in [0.717, 1.165) is 5.56 Å². The summed E-state index contributed by atoms with van der Waals surface area (Å²) in [6.45, 7) is 2.67. The normalized spacial score (nSPS) is 10.2. The highest BCUT2D eigenvalue weighted by Gasteiger charge is 2.09. The van der Waals surface area contributed by atoms with E-state index >= 15 is 0 Å². The molecule has 0 heterocycles. The number of hydrogen-bond donors (Lipinski definition) is 1. The smallest absolute Gasteiger partial charge is 0.220 e. The predicted molar refractivity (Wildman–Crippen MR) is 96.2 cm³/mol. The first-order chi connectivity index (χ1) is 12.1. The summed E-state index contributed by atoms with van der Waals surface area (Å²) in [4.78, 5) is 23.9. The summed E-state index contributed by atoms with van der Waals surface area (Å²) in [6, 6.07) is 14.7. The van der Waals surface area contributed by atoms with Crippen molar-refractivity contribution in [2.45, 2.75) is 19.8 Å². The fourth-order valence-corrected chi connectivity index (χ4v) is 2.29. The SMILES string of the molecule is COc1ccccc1OCCNC(=O)CCC(=O)c1ccc(C)cc1. The van der Waals surface area contributed by atoms with Crippen LogP contribution in [0.15, 0.2) is 48.5 Å². The van der Waals surface area contributed by atoms with E-state index in [1.165, 1.54) is 0 Å². The first kappa shape index (κ1) is 18.5. The number of amides is 1. The lowest BCUT2D eigenvalue weighted by molar-refractivity contribution is -0.121. The molecule has 2 rings (SSSR count). The molecule has 0 bridgehead atoms. The minimum Gasteiger partial charge on any atom is -0.493 e. The Morgan fingerprint density at radius 1 is 0.960 bits per heavy atom. The van der Waals surface area contributed by atoms with Gasteiger partial charge in [-0.05, 0) is 19.1 Å². The largest absolute Gasteiger partial charge is 0.493 e. The molecule has 0 aliphatic carbocycles. The molecule has 0 fully saturated rings. The molecule has 1 amide bonds. The van der Waals surface area contributed by atoms with Crippen molar-refractivity contribution in [3.8, 4) is 11.5 Å². The lowest BCUT2D eigenvalue weighted by atomic mass is 10.1. The van der Waals surface area contributed by atoms with E-state index in [2.05, 4.69) is 5.32 Å². The van der Waals surface area contributed by atoms with Crippen LogP contribution in [0.1, 0.15) is 28.8 Å². The molecule has 0 aliphatic rings. The zero-order valence-electron chi connectivity index (χ0n) is 14.6. The van der Waals surface area contributed by atoms with Gasteiger partial charge in [0.15, 0.2) is 17.3 Å². The Morgan fingerprint density at radius 2 is 1.64 bits per heavy atom. The number of para-hydroxylation sites is 2. The summed E-state index contributed by atoms with van der Waals surface area (Å²) in [5.41, 5.74) is 1.74. The molecule has 5 heteroatoms. The van der Waals surface area contributed by atoms with E-state index < -0.39 is 0 Å². The molecule has 0 aromatic heterocycles. The molecule has 5 nitrogen and oxygen atoms in total. The van der Waals surface area contributed by atoms with E-state index in [9.17, 15) is 9.59 Å².